The Kier molecular flexibility index (Phi) is 4.96. The largest absolute Gasteiger partial charge is 0.388 e. The molecule has 0 fully saturated rings. The first-order valence-corrected chi connectivity index (χ1v) is 8.54. The van der Waals surface area contributed by atoms with E-state index in [0.29, 0.717) is 22.2 Å². The Hall–Kier alpha value is -1.88. The van der Waals surface area contributed by atoms with Crippen LogP contribution in [-0.2, 0) is 0 Å². The molecule has 0 saturated heterocycles. The molecule has 0 saturated carbocycles. The summed E-state index contributed by atoms with van der Waals surface area (Å²) in [6.45, 7) is 0.402. The number of aliphatic hydroxyl groups is 1. The maximum atomic E-state index is 11.9. The lowest BCUT2D eigenvalue weighted by molar-refractivity contribution is 0.0947. The maximum Gasteiger partial charge on any atom is 0.261 e. The van der Waals surface area contributed by atoms with Crippen LogP contribution in [0.3, 0.4) is 0 Å². The molecule has 0 aliphatic carbocycles. The average Bonchev–Trinajstić information content (AvgIpc) is 3.00. The Morgan fingerprint density at radius 2 is 1.91 bits per heavy atom. The second kappa shape index (κ2) is 7.13. The number of thiophene rings is 1. The molecule has 3 nitrogen and oxygen atoms in total. The van der Waals surface area contributed by atoms with Crippen molar-refractivity contribution in [2.45, 2.75) is 12.5 Å². The normalized spacial score (nSPS) is 12.3. The Balaban J connectivity index is 1.63. The van der Waals surface area contributed by atoms with Crippen LogP contribution in [0.1, 0.15) is 27.8 Å². The van der Waals surface area contributed by atoms with Gasteiger partial charge in [-0.25, -0.2) is 0 Å². The number of fused-ring (bicyclic) bond motifs is 1. The number of rotatable bonds is 5. The fourth-order valence-corrected chi connectivity index (χ4v) is 3.50. The van der Waals surface area contributed by atoms with Gasteiger partial charge in [0.25, 0.3) is 5.91 Å². The molecule has 1 unspecified atom stereocenters. The minimum absolute atomic E-state index is 0.160. The van der Waals surface area contributed by atoms with Crippen LogP contribution in [-0.4, -0.2) is 17.6 Å². The SMILES string of the molecule is O=C(NCCC(O)c1cccc2ccccc12)c1ccc(Cl)s1. The quantitative estimate of drug-likeness (QED) is 0.719. The van der Waals surface area contributed by atoms with E-state index in [2.05, 4.69) is 5.32 Å². The predicted molar refractivity (Wildman–Crippen MR) is 95.2 cm³/mol. The second-order valence-electron chi connectivity index (χ2n) is 5.23. The molecule has 1 aromatic heterocycles. The van der Waals surface area contributed by atoms with Gasteiger partial charge in [-0.2, -0.15) is 0 Å². The highest BCUT2D eigenvalue weighted by molar-refractivity contribution is 7.17. The molecule has 0 aliphatic heterocycles. The first kappa shape index (κ1) is 16.0. The third kappa shape index (κ3) is 3.72. The zero-order chi connectivity index (χ0) is 16.2. The van der Waals surface area contributed by atoms with Gasteiger partial charge in [0, 0.05) is 6.54 Å². The van der Waals surface area contributed by atoms with Gasteiger partial charge in [-0.05, 0) is 34.9 Å². The van der Waals surface area contributed by atoms with Gasteiger partial charge >= 0.3 is 0 Å². The minimum atomic E-state index is -0.617. The average molecular weight is 346 g/mol. The van der Waals surface area contributed by atoms with Crippen LogP contribution < -0.4 is 5.32 Å². The van der Waals surface area contributed by atoms with Crippen LogP contribution >= 0.6 is 22.9 Å². The van der Waals surface area contributed by atoms with E-state index in [1.165, 1.54) is 11.3 Å². The summed E-state index contributed by atoms with van der Waals surface area (Å²) < 4.78 is 0.589. The molecular formula is C18H16ClNO2S. The van der Waals surface area contributed by atoms with Crippen molar-refractivity contribution in [1.29, 1.82) is 0 Å². The number of amides is 1. The fraction of sp³-hybridized carbons (Fsp3) is 0.167. The first-order chi connectivity index (χ1) is 11.1. The van der Waals surface area contributed by atoms with E-state index in [0.717, 1.165) is 16.3 Å². The molecule has 1 amide bonds. The van der Waals surface area contributed by atoms with Crippen molar-refractivity contribution in [3.05, 3.63) is 69.4 Å². The molecular weight excluding hydrogens is 330 g/mol. The highest BCUT2D eigenvalue weighted by Crippen LogP contribution is 2.26. The Bertz CT molecular complexity index is 825. The number of nitrogens with one attached hydrogen (secondary N) is 1. The zero-order valence-corrected chi connectivity index (χ0v) is 13.9. The molecule has 0 aliphatic rings. The third-order valence-corrected chi connectivity index (χ3v) is 4.91. The number of carbonyl (C=O) groups is 1. The van der Waals surface area contributed by atoms with E-state index in [4.69, 9.17) is 11.6 Å². The summed E-state index contributed by atoms with van der Waals surface area (Å²) in [6.07, 6.45) is -0.160. The van der Waals surface area contributed by atoms with Crippen molar-refractivity contribution in [3.63, 3.8) is 0 Å². The fourth-order valence-electron chi connectivity index (χ4n) is 2.54. The Morgan fingerprint density at radius 3 is 2.70 bits per heavy atom. The van der Waals surface area contributed by atoms with Crippen LogP contribution in [0.25, 0.3) is 10.8 Å². The monoisotopic (exact) mass is 345 g/mol. The van der Waals surface area contributed by atoms with Crippen LogP contribution in [0.2, 0.25) is 4.34 Å². The lowest BCUT2D eigenvalue weighted by atomic mass is 9.99. The summed E-state index contributed by atoms with van der Waals surface area (Å²) in [5.41, 5.74) is 0.886. The molecule has 5 heteroatoms. The van der Waals surface area contributed by atoms with Crippen molar-refractivity contribution in [2.75, 3.05) is 6.54 Å². The smallest absolute Gasteiger partial charge is 0.261 e. The number of hydrogen-bond donors (Lipinski definition) is 2. The highest BCUT2D eigenvalue weighted by atomic mass is 35.5. The minimum Gasteiger partial charge on any atom is -0.388 e. The number of hydrogen-bond acceptors (Lipinski definition) is 3. The topological polar surface area (TPSA) is 49.3 Å². The van der Waals surface area contributed by atoms with E-state index in [-0.39, 0.29) is 5.91 Å². The predicted octanol–water partition coefficient (Wildman–Crippen LogP) is 4.41. The molecule has 3 rings (SSSR count). The Labute approximate surface area is 143 Å². The van der Waals surface area contributed by atoms with Crippen molar-refractivity contribution in [2.24, 2.45) is 0 Å². The molecule has 1 heterocycles. The first-order valence-electron chi connectivity index (χ1n) is 7.34. The molecule has 0 spiro atoms. The summed E-state index contributed by atoms with van der Waals surface area (Å²) in [4.78, 5) is 12.5. The number of halogens is 1. The molecule has 0 bridgehead atoms. The second-order valence-corrected chi connectivity index (χ2v) is 6.95. The molecule has 2 N–H and O–H groups in total. The summed E-state index contributed by atoms with van der Waals surface area (Å²) in [7, 11) is 0. The van der Waals surface area contributed by atoms with Crippen molar-refractivity contribution < 1.29 is 9.90 Å². The lowest BCUT2D eigenvalue weighted by Gasteiger charge is -2.14. The number of aliphatic hydroxyl groups excluding tert-OH is 1. The van der Waals surface area contributed by atoms with Gasteiger partial charge in [0.2, 0.25) is 0 Å². The number of benzene rings is 2. The molecule has 118 valence electrons. The van der Waals surface area contributed by atoms with Crippen molar-refractivity contribution in [3.8, 4) is 0 Å². The molecule has 2 aromatic carbocycles. The summed E-state index contributed by atoms with van der Waals surface area (Å²) in [6, 6.07) is 17.2. The van der Waals surface area contributed by atoms with Crippen LogP contribution in [0.4, 0.5) is 0 Å². The zero-order valence-electron chi connectivity index (χ0n) is 12.3. The van der Waals surface area contributed by atoms with E-state index in [1.807, 2.05) is 42.5 Å². The standard InChI is InChI=1S/C18H16ClNO2S/c19-17-9-8-16(23-17)18(22)20-11-10-15(21)14-7-3-5-12-4-1-2-6-13(12)14/h1-9,15,21H,10-11H2,(H,20,22). The third-order valence-electron chi connectivity index (χ3n) is 3.68. The van der Waals surface area contributed by atoms with Crippen molar-refractivity contribution in [1.82, 2.24) is 5.32 Å². The van der Waals surface area contributed by atoms with Gasteiger partial charge < -0.3 is 10.4 Å². The molecule has 3 aromatic rings. The van der Waals surface area contributed by atoms with E-state index in [9.17, 15) is 9.90 Å². The van der Waals surface area contributed by atoms with Crippen LogP contribution in [0, 0.1) is 0 Å². The van der Waals surface area contributed by atoms with Gasteiger partial charge in [0.15, 0.2) is 0 Å². The summed E-state index contributed by atoms with van der Waals surface area (Å²) in [5.74, 6) is -0.160. The molecule has 23 heavy (non-hydrogen) atoms. The van der Waals surface area contributed by atoms with Crippen LogP contribution in [0.15, 0.2) is 54.6 Å². The van der Waals surface area contributed by atoms with Gasteiger partial charge in [0.05, 0.1) is 15.3 Å². The van der Waals surface area contributed by atoms with Crippen molar-refractivity contribution >= 4 is 39.6 Å². The molecule has 1 atom stereocenters. The van der Waals surface area contributed by atoms with Crippen LogP contribution in [0.5, 0.6) is 0 Å². The summed E-state index contributed by atoms with van der Waals surface area (Å²) in [5, 5.41) is 15.4. The lowest BCUT2D eigenvalue weighted by Crippen LogP contribution is -2.24. The molecule has 0 radical (unpaired) electrons. The maximum absolute atomic E-state index is 11.9. The van der Waals surface area contributed by atoms with Gasteiger partial charge in [0.1, 0.15) is 0 Å². The Morgan fingerprint density at radius 1 is 1.13 bits per heavy atom. The number of carbonyl (C=O) groups excluding carboxylic acids is 1. The van der Waals surface area contributed by atoms with E-state index in [1.54, 1.807) is 12.1 Å². The van der Waals surface area contributed by atoms with E-state index < -0.39 is 6.10 Å². The van der Waals surface area contributed by atoms with E-state index >= 15 is 0 Å². The summed E-state index contributed by atoms with van der Waals surface area (Å²) >= 11 is 7.07. The van der Waals surface area contributed by atoms with Gasteiger partial charge in [-0.15, -0.1) is 11.3 Å². The highest BCUT2D eigenvalue weighted by Gasteiger charge is 2.13. The van der Waals surface area contributed by atoms with Gasteiger partial charge in [-0.1, -0.05) is 54.1 Å². The van der Waals surface area contributed by atoms with Gasteiger partial charge in [-0.3, -0.25) is 4.79 Å².